The molecule has 2 aliphatic heterocycles. The van der Waals surface area contributed by atoms with Crippen LogP contribution < -0.4 is 10.6 Å². The van der Waals surface area contributed by atoms with Gasteiger partial charge in [0, 0.05) is 39.1 Å². The smallest absolute Gasteiger partial charge is 0.222 e. The highest BCUT2D eigenvalue weighted by Gasteiger charge is 2.19. The molecular weight excluding hydrogens is 314 g/mol. The molecule has 2 N–H and O–H groups in total. The van der Waals surface area contributed by atoms with Gasteiger partial charge in [0.1, 0.15) is 0 Å². The minimum atomic E-state index is 0.315. The van der Waals surface area contributed by atoms with Gasteiger partial charge in [0.05, 0.1) is 0 Å². The van der Waals surface area contributed by atoms with Crippen LogP contribution in [0.2, 0.25) is 0 Å². The zero-order chi connectivity index (χ0) is 17.9. The molecule has 2 heterocycles. The number of hydrogen-bond donors (Lipinski definition) is 2. The summed E-state index contributed by atoms with van der Waals surface area (Å²) >= 11 is 0. The van der Waals surface area contributed by atoms with Crippen LogP contribution in [0.15, 0.2) is 4.99 Å². The Labute approximate surface area is 153 Å². The van der Waals surface area contributed by atoms with Gasteiger partial charge in [0.25, 0.3) is 0 Å². The molecule has 0 aromatic rings. The van der Waals surface area contributed by atoms with Crippen LogP contribution in [0.4, 0.5) is 0 Å². The van der Waals surface area contributed by atoms with E-state index < -0.39 is 0 Å². The third-order valence-electron chi connectivity index (χ3n) is 5.17. The Kier molecular flexibility index (Phi) is 9.08. The lowest BCUT2D eigenvalue weighted by Gasteiger charge is -2.31. The van der Waals surface area contributed by atoms with Gasteiger partial charge in [-0.25, -0.2) is 0 Å². The van der Waals surface area contributed by atoms with E-state index in [1.54, 1.807) is 0 Å². The van der Waals surface area contributed by atoms with Crippen molar-refractivity contribution in [2.24, 2.45) is 10.9 Å². The number of piperidine rings is 1. The number of amides is 1. The fourth-order valence-corrected chi connectivity index (χ4v) is 3.69. The second-order valence-corrected chi connectivity index (χ2v) is 7.27. The molecule has 2 fully saturated rings. The largest absolute Gasteiger partial charge is 0.357 e. The average molecular weight is 352 g/mol. The van der Waals surface area contributed by atoms with Crippen molar-refractivity contribution in [3.8, 4) is 0 Å². The zero-order valence-corrected chi connectivity index (χ0v) is 16.2. The van der Waals surface area contributed by atoms with Crippen LogP contribution in [-0.2, 0) is 4.79 Å². The molecule has 144 valence electrons. The van der Waals surface area contributed by atoms with E-state index in [-0.39, 0.29) is 0 Å². The Hall–Kier alpha value is -1.30. The van der Waals surface area contributed by atoms with Crippen LogP contribution in [-0.4, -0.2) is 74.0 Å². The minimum Gasteiger partial charge on any atom is -0.357 e. The molecule has 0 spiro atoms. The molecule has 0 aliphatic carbocycles. The third-order valence-corrected chi connectivity index (χ3v) is 5.17. The Morgan fingerprint density at radius 1 is 1.16 bits per heavy atom. The number of carbonyl (C=O) groups is 1. The highest BCUT2D eigenvalue weighted by Crippen LogP contribution is 2.17. The summed E-state index contributed by atoms with van der Waals surface area (Å²) in [5.74, 6) is 1.95. The first-order chi connectivity index (χ1) is 12.2. The molecule has 0 aromatic heterocycles. The second kappa shape index (κ2) is 11.3. The van der Waals surface area contributed by atoms with Crippen molar-refractivity contribution in [3.05, 3.63) is 0 Å². The van der Waals surface area contributed by atoms with Crippen molar-refractivity contribution in [3.63, 3.8) is 0 Å². The standard InChI is InChI=1S/C19H37N5O/c1-3-11-23-14-8-17(9-15-23)16-22-19(20-4-2)21-10-6-13-24-12-5-7-18(24)25/h17H,3-16H2,1-2H3,(H2,20,21,22). The first-order valence-electron chi connectivity index (χ1n) is 10.2. The summed E-state index contributed by atoms with van der Waals surface area (Å²) in [6.45, 7) is 12.5. The number of hydrogen-bond acceptors (Lipinski definition) is 3. The average Bonchev–Trinajstić information content (AvgIpc) is 3.03. The summed E-state index contributed by atoms with van der Waals surface area (Å²) in [5.41, 5.74) is 0. The molecule has 0 saturated carbocycles. The lowest BCUT2D eigenvalue weighted by Crippen LogP contribution is -2.40. The summed E-state index contributed by atoms with van der Waals surface area (Å²) in [4.78, 5) is 21.0. The van der Waals surface area contributed by atoms with E-state index >= 15 is 0 Å². The Morgan fingerprint density at radius 3 is 2.60 bits per heavy atom. The van der Waals surface area contributed by atoms with Gasteiger partial charge in [0.15, 0.2) is 5.96 Å². The molecule has 0 radical (unpaired) electrons. The monoisotopic (exact) mass is 351 g/mol. The van der Waals surface area contributed by atoms with E-state index in [1.807, 2.05) is 4.90 Å². The number of aliphatic imine (C=N–C) groups is 1. The number of likely N-dealkylation sites (tertiary alicyclic amines) is 2. The van der Waals surface area contributed by atoms with Crippen LogP contribution in [0.3, 0.4) is 0 Å². The van der Waals surface area contributed by atoms with E-state index in [4.69, 9.17) is 4.99 Å². The van der Waals surface area contributed by atoms with Gasteiger partial charge >= 0.3 is 0 Å². The van der Waals surface area contributed by atoms with Crippen LogP contribution in [0.1, 0.15) is 52.4 Å². The first kappa shape index (κ1) is 20.0. The Balaban J connectivity index is 1.65. The Bertz CT molecular complexity index is 418. The summed E-state index contributed by atoms with van der Waals surface area (Å²) in [7, 11) is 0. The molecule has 0 aromatic carbocycles. The number of rotatable bonds is 9. The maximum absolute atomic E-state index is 11.6. The molecule has 2 aliphatic rings. The van der Waals surface area contributed by atoms with Crippen LogP contribution in [0, 0.1) is 5.92 Å². The van der Waals surface area contributed by atoms with Gasteiger partial charge in [-0.3, -0.25) is 9.79 Å². The topological polar surface area (TPSA) is 60.0 Å². The van der Waals surface area contributed by atoms with Crippen molar-refractivity contribution in [2.75, 3.05) is 52.4 Å². The molecule has 0 unspecified atom stereocenters. The van der Waals surface area contributed by atoms with E-state index in [2.05, 4.69) is 29.4 Å². The highest BCUT2D eigenvalue weighted by atomic mass is 16.2. The van der Waals surface area contributed by atoms with E-state index in [0.717, 1.165) is 57.9 Å². The highest BCUT2D eigenvalue weighted by molar-refractivity contribution is 5.79. The summed E-state index contributed by atoms with van der Waals surface area (Å²) in [6.07, 6.45) is 6.51. The minimum absolute atomic E-state index is 0.315. The van der Waals surface area contributed by atoms with Gasteiger partial charge in [-0.2, -0.15) is 0 Å². The van der Waals surface area contributed by atoms with E-state index in [0.29, 0.717) is 11.8 Å². The molecule has 2 rings (SSSR count). The van der Waals surface area contributed by atoms with Gasteiger partial charge in [-0.05, 0) is 64.6 Å². The number of nitrogens with zero attached hydrogens (tertiary/aromatic N) is 3. The van der Waals surface area contributed by atoms with Gasteiger partial charge < -0.3 is 20.4 Å². The van der Waals surface area contributed by atoms with E-state index in [1.165, 1.54) is 38.9 Å². The molecule has 2 saturated heterocycles. The normalized spacial score (nSPS) is 20.3. The number of nitrogens with one attached hydrogen (secondary N) is 2. The fourth-order valence-electron chi connectivity index (χ4n) is 3.69. The third kappa shape index (κ3) is 7.22. The maximum atomic E-state index is 11.6. The van der Waals surface area contributed by atoms with Crippen LogP contribution in [0.25, 0.3) is 0 Å². The molecule has 6 heteroatoms. The second-order valence-electron chi connectivity index (χ2n) is 7.27. The van der Waals surface area contributed by atoms with Gasteiger partial charge in [-0.15, -0.1) is 0 Å². The molecular formula is C19H37N5O. The first-order valence-corrected chi connectivity index (χ1v) is 10.2. The molecule has 1 amide bonds. The van der Waals surface area contributed by atoms with Crippen molar-refractivity contribution in [1.29, 1.82) is 0 Å². The fraction of sp³-hybridized carbons (Fsp3) is 0.895. The lowest BCUT2D eigenvalue weighted by atomic mass is 9.97. The maximum Gasteiger partial charge on any atom is 0.222 e. The van der Waals surface area contributed by atoms with Gasteiger partial charge in [-0.1, -0.05) is 6.92 Å². The van der Waals surface area contributed by atoms with Crippen molar-refractivity contribution in [2.45, 2.75) is 52.4 Å². The quantitative estimate of drug-likeness (QED) is 0.377. The van der Waals surface area contributed by atoms with Gasteiger partial charge in [0.2, 0.25) is 5.91 Å². The molecule has 0 bridgehead atoms. The SMILES string of the molecule is CCCN1CCC(CN=C(NCC)NCCCN2CCCC2=O)CC1. The van der Waals surface area contributed by atoms with Crippen molar-refractivity contribution < 1.29 is 4.79 Å². The lowest BCUT2D eigenvalue weighted by molar-refractivity contribution is -0.127. The number of carbonyl (C=O) groups excluding carboxylic acids is 1. The predicted octanol–water partition coefficient (Wildman–Crippen LogP) is 1.68. The summed E-state index contributed by atoms with van der Waals surface area (Å²) in [5, 5.41) is 6.76. The zero-order valence-electron chi connectivity index (χ0n) is 16.2. The predicted molar refractivity (Wildman–Crippen MR) is 104 cm³/mol. The molecule has 0 atom stereocenters. The summed E-state index contributed by atoms with van der Waals surface area (Å²) < 4.78 is 0. The summed E-state index contributed by atoms with van der Waals surface area (Å²) in [6, 6.07) is 0. The van der Waals surface area contributed by atoms with E-state index in [9.17, 15) is 4.79 Å². The van der Waals surface area contributed by atoms with Crippen molar-refractivity contribution in [1.82, 2.24) is 20.4 Å². The Morgan fingerprint density at radius 2 is 1.96 bits per heavy atom. The van der Waals surface area contributed by atoms with Crippen LogP contribution >= 0.6 is 0 Å². The van der Waals surface area contributed by atoms with Crippen molar-refractivity contribution >= 4 is 11.9 Å². The number of guanidine groups is 1. The molecule has 6 nitrogen and oxygen atoms in total. The molecule has 25 heavy (non-hydrogen) atoms. The van der Waals surface area contributed by atoms with Crippen LogP contribution in [0.5, 0.6) is 0 Å².